The summed E-state index contributed by atoms with van der Waals surface area (Å²) >= 11 is 3.17. The number of hydrogen-bond acceptors (Lipinski definition) is 3. The summed E-state index contributed by atoms with van der Waals surface area (Å²) in [7, 11) is 0. The number of hydrogen-bond donors (Lipinski definition) is 0. The average molecular weight is 348 g/mol. The van der Waals surface area contributed by atoms with Crippen molar-refractivity contribution in [3.63, 3.8) is 0 Å². The Labute approximate surface area is 120 Å². The molecule has 0 bridgehead atoms. The summed E-state index contributed by atoms with van der Waals surface area (Å²) in [4.78, 5) is 15.2. The molecule has 1 aromatic heterocycles. The van der Waals surface area contributed by atoms with Gasteiger partial charge in [-0.25, -0.2) is 9.78 Å². The molecule has 1 aromatic carbocycles. The van der Waals surface area contributed by atoms with Gasteiger partial charge in [-0.15, -0.1) is 0 Å². The van der Waals surface area contributed by atoms with Gasteiger partial charge >= 0.3 is 12.1 Å². The summed E-state index contributed by atoms with van der Waals surface area (Å²) in [5.41, 5.74) is -1.66. The second kappa shape index (κ2) is 5.40. The van der Waals surface area contributed by atoms with E-state index >= 15 is 0 Å². The van der Waals surface area contributed by atoms with Crippen LogP contribution in [0.5, 0.6) is 0 Å². The molecule has 0 amide bonds. The van der Waals surface area contributed by atoms with Gasteiger partial charge in [0.05, 0.1) is 17.7 Å². The van der Waals surface area contributed by atoms with Crippen molar-refractivity contribution in [3.8, 4) is 0 Å². The number of benzene rings is 1. The lowest BCUT2D eigenvalue weighted by molar-refractivity contribution is -0.141. The molecule has 0 aliphatic carbocycles. The topological polar surface area (TPSA) is 39.2 Å². The van der Waals surface area contributed by atoms with Crippen LogP contribution >= 0.6 is 15.9 Å². The summed E-state index contributed by atoms with van der Waals surface area (Å²) in [5.74, 6) is -1.03. The molecule has 106 valence electrons. The molecule has 0 radical (unpaired) electrons. The highest BCUT2D eigenvalue weighted by molar-refractivity contribution is 9.10. The van der Waals surface area contributed by atoms with Crippen LogP contribution in [0.1, 0.15) is 23.0 Å². The first-order valence-electron chi connectivity index (χ1n) is 5.67. The van der Waals surface area contributed by atoms with Crippen LogP contribution in [0.4, 0.5) is 13.2 Å². The molecule has 0 unspecified atom stereocenters. The Balaban J connectivity index is 2.70. The zero-order chi connectivity index (χ0) is 14.9. The van der Waals surface area contributed by atoms with E-state index in [1.54, 1.807) is 12.1 Å². The fourth-order valence-corrected chi connectivity index (χ4v) is 2.07. The molecule has 20 heavy (non-hydrogen) atoms. The largest absolute Gasteiger partial charge is 0.462 e. The number of pyridine rings is 1. The first kappa shape index (κ1) is 14.8. The van der Waals surface area contributed by atoms with Crippen molar-refractivity contribution in [2.24, 2.45) is 0 Å². The highest BCUT2D eigenvalue weighted by Gasteiger charge is 2.38. The third-order valence-electron chi connectivity index (χ3n) is 2.54. The van der Waals surface area contributed by atoms with Gasteiger partial charge in [0.15, 0.2) is 5.69 Å². The molecule has 0 fully saturated rings. The maximum atomic E-state index is 13.0. The molecule has 7 heteroatoms. The van der Waals surface area contributed by atoms with Crippen LogP contribution in [0.25, 0.3) is 10.9 Å². The molecule has 0 N–H and O–H groups in total. The second-order valence-corrected chi connectivity index (χ2v) is 4.86. The Morgan fingerprint density at radius 2 is 2.05 bits per heavy atom. The van der Waals surface area contributed by atoms with Crippen molar-refractivity contribution in [1.82, 2.24) is 4.98 Å². The number of halogens is 4. The van der Waals surface area contributed by atoms with Crippen molar-refractivity contribution in [2.45, 2.75) is 13.1 Å². The number of fused-ring (bicyclic) bond motifs is 1. The smallest absolute Gasteiger partial charge is 0.434 e. The normalized spacial score (nSPS) is 11.7. The summed E-state index contributed by atoms with van der Waals surface area (Å²) in [6.07, 6.45) is -4.72. The second-order valence-electron chi connectivity index (χ2n) is 3.94. The molecule has 2 aromatic rings. The van der Waals surface area contributed by atoms with E-state index in [1.807, 2.05) is 0 Å². The van der Waals surface area contributed by atoms with E-state index in [-0.39, 0.29) is 12.1 Å². The van der Waals surface area contributed by atoms with E-state index in [4.69, 9.17) is 0 Å². The Bertz CT molecular complexity index is 670. The fraction of sp³-hybridized carbons (Fsp3) is 0.231. The summed E-state index contributed by atoms with van der Waals surface area (Å²) in [5, 5.41) is 0.434. The van der Waals surface area contributed by atoms with Gasteiger partial charge in [-0.1, -0.05) is 22.0 Å². The quantitative estimate of drug-likeness (QED) is 0.764. The molecule has 0 spiro atoms. The van der Waals surface area contributed by atoms with Crippen LogP contribution < -0.4 is 0 Å². The number of ether oxygens (including phenoxy) is 1. The van der Waals surface area contributed by atoms with Gasteiger partial charge in [-0.05, 0) is 25.1 Å². The molecule has 0 atom stereocenters. The lowest BCUT2D eigenvalue weighted by atomic mass is 10.1. The molecular weight excluding hydrogens is 339 g/mol. The summed E-state index contributed by atoms with van der Waals surface area (Å²) in [6.45, 7) is 1.52. The Kier molecular flexibility index (Phi) is 3.99. The van der Waals surface area contributed by atoms with E-state index in [1.165, 1.54) is 13.0 Å². The lowest BCUT2D eigenvalue weighted by Gasteiger charge is -2.12. The number of carbonyl (C=O) groups is 1. The van der Waals surface area contributed by atoms with Gasteiger partial charge in [-0.2, -0.15) is 13.2 Å². The fourth-order valence-electron chi connectivity index (χ4n) is 1.72. The number of aromatic nitrogens is 1. The van der Waals surface area contributed by atoms with Gasteiger partial charge in [0.25, 0.3) is 0 Å². The zero-order valence-corrected chi connectivity index (χ0v) is 11.9. The molecule has 0 saturated carbocycles. The van der Waals surface area contributed by atoms with Gasteiger partial charge < -0.3 is 4.74 Å². The number of rotatable bonds is 2. The molecular formula is C13H9BrF3NO2. The lowest BCUT2D eigenvalue weighted by Crippen LogP contribution is -2.17. The summed E-state index contributed by atoms with van der Waals surface area (Å²) in [6, 6.07) is 5.84. The Morgan fingerprint density at radius 1 is 1.35 bits per heavy atom. The first-order valence-corrected chi connectivity index (χ1v) is 6.47. The van der Waals surface area contributed by atoms with E-state index < -0.39 is 23.4 Å². The monoisotopic (exact) mass is 347 g/mol. The maximum absolute atomic E-state index is 13.0. The average Bonchev–Trinajstić information content (AvgIpc) is 2.36. The minimum atomic E-state index is -4.72. The number of alkyl halides is 3. The van der Waals surface area contributed by atoms with E-state index in [0.29, 0.717) is 9.86 Å². The molecule has 0 aliphatic rings. The summed E-state index contributed by atoms with van der Waals surface area (Å²) < 4.78 is 44.2. The third kappa shape index (κ3) is 2.92. The Morgan fingerprint density at radius 3 is 2.65 bits per heavy atom. The van der Waals surface area contributed by atoms with Crippen LogP contribution in [0.3, 0.4) is 0 Å². The molecule has 2 rings (SSSR count). The van der Waals surface area contributed by atoms with E-state index in [9.17, 15) is 18.0 Å². The highest BCUT2D eigenvalue weighted by Crippen LogP contribution is 2.33. The van der Waals surface area contributed by atoms with Crippen molar-refractivity contribution in [1.29, 1.82) is 0 Å². The van der Waals surface area contributed by atoms with Gasteiger partial charge in [-0.3, -0.25) is 0 Å². The van der Waals surface area contributed by atoms with Crippen LogP contribution in [0.2, 0.25) is 0 Å². The predicted octanol–water partition coefficient (Wildman–Crippen LogP) is 4.19. The predicted molar refractivity (Wildman–Crippen MR) is 70.4 cm³/mol. The van der Waals surface area contributed by atoms with Crippen LogP contribution in [-0.2, 0) is 10.9 Å². The highest BCUT2D eigenvalue weighted by atomic mass is 79.9. The molecule has 0 aliphatic heterocycles. The maximum Gasteiger partial charge on any atom is 0.434 e. The van der Waals surface area contributed by atoms with E-state index in [0.717, 1.165) is 6.07 Å². The third-order valence-corrected chi connectivity index (χ3v) is 3.04. The Hall–Kier alpha value is -1.63. The zero-order valence-electron chi connectivity index (χ0n) is 10.3. The SMILES string of the molecule is CCOC(=O)c1cc2ccc(Br)cc2nc1C(F)(F)F. The van der Waals surface area contributed by atoms with Crippen molar-refractivity contribution in [3.05, 3.63) is 40.0 Å². The standard InChI is InChI=1S/C13H9BrF3NO2/c1-2-20-12(19)9-5-7-3-4-8(14)6-10(7)18-11(9)13(15,16)17/h3-6H,2H2,1H3. The van der Waals surface area contributed by atoms with Crippen molar-refractivity contribution < 1.29 is 22.7 Å². The van der Waals surface area contributed by atoms with Crippen LogP contribution in [0, 0.1) is 0 Å². The minimum absolute atomic E-state index is 0.00545. The minimum Gasteiger partial charge on any atom is -0.462 e. The number of carbonyl (C=O) groups excluding carboxylic acids is 1. The van der Waals surface area contributed by atoms with Crippen molar-refractivity contribution >= 4 is 32.8 Å². The van der Waals surface area contributed by atoms with E-state index in [2.05, 4.69) is 25.7 Å². The first-order chi connectivity index (χ1) is 9.32. The molecule has 1 heterocycles. The number of esters is 1. The van der Waals surface area contributed by atoms with Gasteiger partial charge in [0.2, 0.25) is 0 Å². The van der Waals surface area contributed by atoms with Gasteiger partial charge in [0, 0.05) is 9.86 Å². The molecule has 3 nitrogen and oxygen atoms in total. The van der Waals surface area contributed by atoms with Crippen LogP contribution in [-0.4, -0.2) is 17.6 Å². The van der Waals surface area contributed by atoms with Gasteiger partial charge in [0.1, 0.15) is 0 Å². The number of nitrogens with zero attached hydrogens (tertiary/aromatic N) is 1. The molecule has 0 saturated heterocycles. The van der Waals surface area contributed by atoms with Crippen molar-refractivity contribution in [2.75, 3.05) is 6.61 Å². The van der Waals surface area contributed by atoms with Crippen LogP contribution in [0.15, 0.2) is 28.7 Å².